The Balaban J connectivity index is 1.95. The fraction of sp³-hybridized carbons (Fsp3) is 0.611. The Kier molecular flexibility index (Phi) is 5.02. The molecule has 1 aliphatic rings. The minimum atomic E-state index is -0.265. The van der Waals surface area contributed by atoms with Gasteiger partial charge >= 0.3 is 0 Å². The number of rotatable bonds is 3. The topological polar surface area (TPSA) is 29.1 Å². The van der Waals surface area contributed by atoms with Crippen molar-refractivity contribution < 1.29 is 9.18 Å². The monoisotopic (exact) mass is 291 g/mol. The highest BCUT2D eigenvalue weighted by molar-refractivity contribution is 5.78. The number of hydrogen-bond donors (Lipinski definition) is 1. The molecule has 0 aromatic heterocycles. The molecule has 116 valence electrons. The maximum Gasteiger partial charge on any atom is 0.224 e. The van der Waals surface area contributed by atoms with Crippen LogP contribution in [-0.4, -0.2) is 11.9 Å². The number of amides is 1. The molecule has 1 aliphatic carbocycles. The third kappa shape index (κ3) is 4.55. The van der Waals surface area contributed by atoms with E-state index in [1.165, 1.54) is 31.4 Å². The molecular formula is C18H26FNO. The summed E-state index contributed by atoms with van der Waals surface area (Å²) in [6, 6.07) is 6.43. The van der Waals surface area contributed by atoms with Crippen LogP contribution in [0.2, 0.25) is 0 Å². The molecule has 2 atom stereocenters. The summed E-state index contributed by atoms with van der Waals surface area (Å²) < 4.78 is 12.9. The van der Waals surface area contributed by atoms with Crippen LogP contribution in [0, 0.1) is 17.2 Å². The van der Waals surface area contributed by atoms with Gasteiger partial charge in [-0.05, 0) is 41.9 Å². The molecule has 0 radical (unpaired) electrons. The Hall–Kier alpha value is -1.38. The largest absolute Gasteiger partial charge is 0.353 e. The SMILES string of the molecule is CC(C)(C)C1CCCCC1NC(=O)Cc1ccc(F)cc1. The van der Waals surface area contributed by atoms with Crippen molar-refractivity contribution in [1.82, 2.24) is 5.32 Å². The van der Waals surface area contributed by atoms with Crippen molar-refractivity contribution in [3.8, 4) is 0 Å². The molecule has 1 aromatic carbocycles. The lowest BCUT2D eigenvalue weighted by atomic mass is 9.69. The lowest BCUT2D eigenvalue weighted by Crippen LogP contribution is -2.47. The lowest BCUT2D eigenvalue weighted by molar-refractivity contribution is -0.122. The minimum Gasteiger partial charge on any atom is -0.353 e. The number of benzene rings is 1. The first-order chi connectivity index (χ1) is 9.86. The van der Waals surface area contributed by atoms with Crippen LogP contribution in [0.3, 0.4) is 0 Å². The molecule has 1 N–H and O–H groups in total. The van der Waals surface area contributed by atoms with Gasteiger partial charge in [-0.2, -0.15) is 0 Å². The highest BCUT2D eigenvalue weighted by Gasteiger charge is 2.34. The van der Waals surface area contributed by atoms with E-state index in [-0.39, 0.29) is 23.2 Å². The first-order valence-electron chi connectivity index (χ1n) is 7.90. The van der Waals surface area contributed by atoms with Crippen LogP contribution in [0.15, 0.2) is 24.3 Å². The quantitative estimate of drug-likeness (QED) is 0.893. The molecule has 1 aromatic rings. The molecule has 0 saturated heterocycles. The first-order valence-corrected chi connectivity index (χ1v) is 7.90. The van der Waals surface area contributed by atoms with E-state index >= 15 is 0 Å². The van der Waals surface area contributed by atoms with Gasteiger partial charge in [0.15, 0.2) is 0 Å². The Labute approximate surface area is 127 Å². The summed E-state index contributed by atoms with van der Waals surface area (Å²) in [4.78, 5) is 12.2. The van der Waals surface area contributed by atoms with Crippen LogP contribution in [0.1, 0.15) is 52.0 Å². The third-order valence-electron chi connectivity index (χ3n) is 4.50. The van der Waals surface area contributed by atoms with Crippen molar-refractivity contribution in [2.45, 2.75) is 58.9 Å². The van der Waals surface area contributed by atoms with Gasteiger partial charge in [0.25, 0.3) is 0 Å². The molecule has 0 heterocycles. The van der Waals surface area contributed by atoms with Crippen LogP contribution in [-0.2, 0) is 11.2 Å². The lowest BCUT2D eigenvalue weighted by Gasteiger charge is -2.40. The van der Waals surface area contributed by atoms with Gasteiger partial charge in [-0.15, -0.1) is 0 Å². The van der Waals surface area contributed by atoms with Crippen molar-refractivity contribution in [3.63, 3.8) is 0 Å². The molecule has 1 saturated carbocycles. The zero-order valence-corrected chi connectivity index (χ0v) is 13.3. The summed E-state index contributed by atoms with van der Waals surface area (Å²) in [5.74, 6) is 0.311. The predicted molar refractivity (Wildman–Crippen MR) is 83.4 cm³/mol. The molecular weight excluding hydrogens is 265 g/mol. The molecule has 0 aliphatic heterocycles. The maximum atomic E-state index is 12.9. The van der Waals surface area contributed by atoms with Crippen molar-refractivity contribution in [2.24, 2.45) is 11.3 Å². The van der Waals surface area contributed by atoms with E-state index in [9.17, 15) is 9.18 Å². The van der Waals surface area contributed by atoms with Crippen LogP contribution in [0.25, 0.3) is 0 Å². The molecule has 1 amide bonds. The molecule has 3 heteroatoms. The van der Waals surface area contributed by atoms with Gasteiger partial charge < -0.3 is 5.32 Å². The fourth-order valence-corrected chi connectivity index (χ4v) is 3.39. The van der Waals surface area contributed by atoms with Crippen molar-refractivity contribution in [2.75, 3.05) is 0 Å². The zero-order chi connectivity index (χ0) is 15.5. The second kappa shape index (κ2) is 6.59. The van der Waals surface area contributed by atoms with E-state index in [0.29, 0.717) is 12.3 Å². The van der Waals surface area contributed by atoms with E-state index in [1.807, 2.05) is 0 Å². The van der Waals surface area contributed by atoms with Crippen LogP contribution in [0.4, 0.5) is 4.39 Å². The van der Waals surface area contributed by atoms with Gasteiger partial charge in [0.05, 0.1) is 6.42 Å². The molecule has 21 heavy (non-hydrogen) atoms. The highest BCUT2D eigenvalue weighted by atomic mass is 19.1. The van der Waals surface area contributed by atoms with E-state index in [2.05, 4.69) is 26.1 Å². The predicted octanol–water partition coefficient (Wildman–Crippen LogP) is 4.09. The van der Waals surface area contributed by atoms with Gasteiger partial charge in [0.2, 0.25) is 5.91 Å². The Morgan fingerprint density at radius 2 is 1.81 bits per heavy atom. The second-order valence-corrected chi connectivity index (χ2v) is 7.23. The third-order valence-corrected chi connectivity index (χ3v) is 4.50. The number of hydrogen-bond acceptors (Lipinski definition) is 1. The van der Waals surface area contributed by atoms with E-state index in [0.717, 1.165) is 12.0 Å². The van der Waals surface area contributed by atoms with Gasteiger partial charge in [-0.1, -0.05) is 45.7 Å². The Morgan fingerprint density at radius 3 is 2.43 bits per heavy atom. The van der Waals surface area contributed by atoms with Gasteiger partial charge in [0.1, 0.15) is 5.82 Å². The van der Waals surface area contributed by atoms with E-state index < -0.39 is 0 Å². The van der Waals surface area contributed by atoms with Crippen LogP contribution < -0.4 is 5.32 Å². The normalized spacial score (nSPS) is 22.9. The molecule has 1 fully saturated rings. The van der Waals surface area contributed by atoms with Crippen molar-refractivity contribution in [1.29, 1.82) is 0 Å². The maximum absolute atomic E-state index is 12.9. The summed E-state index contributed by atoms with van der Waals surface area (Å²) in [5, 5.41) is 3.21. The summed E-state index contributed by atoms with van der Waals surface area (Å²) in [5.41, 5.74) is 1.07. The van der Waals surface area contributed by atoms with Gasteiger partial charge in [-0.25, -0.2) is 4.39 Å². The van der Waals surface area contributed by atoms with Crippen molar-refractivity contribution in [3.05, 3.63) is 35.6 Å². The molecule has 0 spiro atoms. The molecule has 2 nitrogen and oxygen atoms in total. The summed E-state index contributed by atoms with van der Waals surface area (Å²) in [6.07, 6.45) is 5.02. The van der Waals surface area contributed by atoms with Crippen LogP contribution >= 0.6 is 0 Å². The standard InChI is InChI=1S/C18H26FNO/c1-18(2,3)15-6-4-5-7-16(15)20-17(21)12-13-8-10-14(19)11-9-13/h8-11,15-16H,4-7,12H2,1-3H3,(H,20,21). The second-order valence-electron chi connectivity index (χ2n) is 7.23. The Bertz CT molecular complexity index is 475. The average molecular weight is 291 g/mol. The molecule has 2 rings (SSSR count). The van der Waals surface area contributed by atoms with E-state index in [4.69, 9.17) is 0 Å². The molecule has 0 bridgehead atoms. The van der Waals surface area contributed by atoms with Gasteiger partial charge in [-0.3, -0.25) is 4.79 Å². The highest BCUT2D eigenvalue weighted by Crippen LogP contribution is 2.37. The van der Waals surface area contributed by atoms with Crippen LogP contribution in [0.5, 0.6) is 0 Å². The molecule has 2 unspecified atom stereocenters. The zero-order valence-electron chi connectivity index (χ0n) is 13.3. The summed E-state index contributed by atoms with van der Waals surface area (Å²) in [6.45, 7) is 6.76. The van der Waals surface area contributed by atoms with Gasteiger partial charge in [0, 0.05) is 6.04 Å². The Morgan fingerprint density at radius 1 is 1.19 bits per heavy atom. The number of halogens is 1. The van der Waals surface area contributed by atoms with E-state index in [1.54, 1.807) is 12.1 Å². The average Bonchev–Trinajstić information content (AvgIpc) is 2.41. The first kappa shape index (κ1) is 16.0. The summed E-state index contributed by atoms with van der Waals surface area (Å²) >= 11 is 0. The smallest absolute Gasteiger partial charge is 0.224 e. The van der Waals surface area contributed by atoms with Crippen molar-refractivity contribution >= 4 is 5.91 Å². The fourth-order valence-electron chi connectivity index (χ4n) is 3.39. The number of carbonyl (C=O) groups is 1. The summed E-state index contributed by atoms with van der Waals surface area (Å²) in [7, 11) is 0. The number of carbonyl (C=O) groups excluding carboxylic acids is 1. The number of nitrogens with one attached hydrogen (secondary N) is 1. The minimum absolute atomic E-state index is 0.0442.